The summed E-state index contributed by atoms with van der Waals surface area (Å²) in [6.45, 7) is 5.39. The molecule has 132 valence electrons. The Bertz CT molecular complexity index is 727. The number of hydrogen-bond donors (Lipinski definition) is 2. The molecule has 1 aromatic carbocycles. The van der Waals surface area contributed by atoms with Crippen molar-refractivity contribution < 1.29 is 18.0 Å². The van der Waals surface area contributed by atoms with Gasteiger partial charge >= 0.3 is 6.18 Å². The van der Waals surface area contributed by atoms with Crippen molar-refractivity contribution in [3.63, 3.8) is 0 Å². The van der Waals surface area contributed by atoms with E-state index in [0.717, 1.165) is 30.0 Å². The van der Waals surface area contributed by atoms with E-state index in [0.29, 0.717) is 0 Å². The van der Waals surface area contributed by atoms with Crippen molar-refractivity contribution in [1.82, 2.24) is 5.32 Å². The number of nitrogens with two attached hydrogens (primary N) is 1. The van der Waals surface area contributed by atoms with Crippen LogP contribution >= 0.6 is 0 Å². The van der Waals surface area contributed by atoms with E-state index >= 15 is 0 Å². The van der Waals surface area contributed by atoms with Crippen molar-refractivity contribution >= 4 is 11.7 Å². The molecule has 0 radical (unpaired) electrons. The summed E-state index contributed by atoms with van der Waals surface area (Å²) in [4.78, 5) is 15.5. The molecule has 0 saturated carbocycles. The van der Waals surface area contributed by atoms with Crippen LogP contribution < -0.4 is 11.1 Å². The molecule has 0 unspecified atom stereocenters. The molecule has 1 rings (SSSR count). The molecule has 0 saturated heterocycles. The van der Waals surface area contributed by atoms with E-state index in [1.54, 1.807) is 18.2 Å². The van der Waals surface area contributed by atoms with Gasteiger partial charge in [-0.2, -0.15) is 18.2 Å². The van der Waals surface area contributed by atoms with Gasteiger partial charge in [-0.15, -0.1) is 0 Å². The number of allylic oxidation sites excluding steroid dienone is 4. The van der Waals surface area contributed by atoms with Crippen LogP contribution in [-0.4, -0.2) is 11.7 Å². The van der Waals surface area contributed by atoms with E-state index in [1.165, 1.54) is 12.3 Å². The predicted octanol–water partition coefficient (Wildman–Crippen LogP) is 3.95. The third kappa shape index (κ3) is 6.90. The normalized spacial score (nSPS) is 13.4. The number of aliphatic imine (C=N–C) groups is 1. The van der Waals surface area contributed by atoms with Crippen LogP contribution in [0.3, 0.4) is 0 Å². The molecule has 0 aliphatic carbocycles. The minimum Gasteiger partial charge on any atom is -0.384 e. The zero-order chi connectivity index (χ0) is 18.9. The SMILES string of the molecule is C=C/C=C\C(=C/C)N/C=C\C(N)=NC(=O)c1ccc(C(F)(F)F)cc1. The predicted molar refractivity (Wildman–Crippen MR) is 92.8 cm³/mol. The Kier molecular flexibility index (Phi) is 7.40. The molecule has 7 heteroatoms. The van der Waals surface area contributed by atoms with E-state index in [1.807, 2.05) is 13.0 Å². The van der Waals surface area contributed by atoms with Crippen LogP contribution in [0.15, 0.2) is 78.1 Å². The molecule has 0 bridgehead atoms. The van der Waals surface area contributed by atoms with Crippen LogP contribution in [0, 0.1) is 0 Å². The average Bonchev–Trinajstić information content (AvgIpc) is 2.57. The average molecular weight is 349 g/mol. The molecule has 4 nitrogen and oxygen atoms in total. The highest BCUT2D eigenvalue weighted by Crippen LogP contribution is 2.29. The number of nitrogens with one attached hydrogen (secondary N) is 1. The second-order valence-electron chi connectivity index (χ2n) is 4.73. The summed E-state index contributed by atoms with van der Waals surface area (Å²) in [5.41, 5.74) is 5.56. The third-order valence-corrected chi connectivity index (χ3v) is 2.92. The number of rotatable bonds is 6. The minimum atomic E-state index is -4.46. The Balaban J connectivity index is 2.75. The summed E-state index contributed by atoms with van der Waals surface area (Å²) in [5.74, 6) is -0.811. The Morgan fingerprint density at radius 2 is 1.88 bits per heavy atom. The number of hydrogen-bond acceptors (Lipinski definition) is 2. The van der Waals surface area contributed by atoms with Gasteiger partial charge in [0.15, 0.2) is 0 Å². The lowest BCUT2D eigenvalue weighted by molar-refractivity contribution is -0.137. The number of nitrogens with zero attached hydrogens (tertiary/aromatic N) is 1. The van der Waals surface area contributed by atoms with Gasteiger partial charge in [0.1, 0.15) is 5.84 Å². The zero-order valence-corrected chi connectivity index (χ0v) is 13.5. The molecule has 1 amide bonds. The first-order valence-electron chi connectivity index (χ1n) is 7.22. The van der Waals surface area contributed by atoms with Gasteiger partial charge in [0.25, 0.3) is 5.91 Å². The van der Waals surface area contributed by atoms with E-state index in [4.69, 9.17) is 5.73 Å². The summed E-state index contributed by atoms with van der Waals surface area (Å²) in [6.07, 6.45) is 5.34. The second kappa shape index (κ2) is 9.27. The Morgan fingerprint density at radius 1 is 1.24 bits per heavy atom. The highest BCUT2D eigenvalue weighted by Gasteiger charge is 2.30. The van der Waals surface area contributed by atoms with Crippen molar-refractivity contribution in [2.45, 2.75) is 13.1 Å². The van der Waals surface area contributed by atoms with Gasteiger partial charge in [0, 0.05) is 17.5 Å². The first-order valence-corrected chi connectivity index (χ1v) is 7.22. The third-order valence-electron chi connectivity index (χ3n) is 2.92. The topological polar surface area (TPSA) is 67.5 Å². The van der Waals surface area contributed by atoms with Crippen LogP contribution in [0.2, 0.25) is 0 Å². The van der Waals surface area contributed by atoms with E-state index in [2.05, 4.69) is 16.9 Å². The first kappa shape index (κ1) is 20.0. The van der Waals surface area contributed by atoms with Crippen LogP contribution in [0.5, 0.6) is 0 Å². The minimum absolute atomic E-state index is 0.0142. The molecule has 3 N–H and O–H groups in total. The number of amidine groups is 1. The molecular weight excluding hydrogens is 331 g/mol. The van der Waals surface area contributed by atoms with Crippen LogP contribution in [0.25, 0.3) is 0 Å². The summed E-state index contributed by atoms with van der Waals surface area (Å²) >= 11 is 0. The van der Waals surface area contributed by atoms with Crippen LogP contribution in [-0.2, 0) is 6.18 Å². The van der Waals surface area contributed by atoms with Crippen molar-refractivity contribution in [1.29, 1.82) is 0 Å². The molecule has 0 spiro atoms. The van der Waals surface area contributed by atoms with Crippen molar-refractivity contribution in [3.8, 4) is 0 Å². The Hall–Kier alpha value is -3.09. The molecule has 0 fully saturated rings. The van der Waals surface area contributed by atoms with E-state index in [9.17, 15) is 18.0 Å². The van der Waals surface area contributed by atoms with Gasteiger partial charge < -0.3 is 11.1 Å². The van der Waals surface area contributed by atoms with Gasteiger partial charge in [-0.3, -0.25) is 4.79 Å². The van der Waals surface area contributed by atoms with Gasteiger partial charge in [0.2, 0.25) is 0 Å². The molecular formula is C18H18F3N3O. The highest BCUT2D eigenvalue weighted by molar-refractivity contribution is 6.06. The zero-order valence-electron chi connectivity index (χ0n) is 13.5. The van der Waals surface area contributed by atoms with Crippen molar-refractivity contribution in [2.75, 3.05) is 0 Å². The molecule has 0 atom stereocenters. The lowest BCUT2D eigenvalue weighted by Gasteiger charge is -2.06. The van der Waals surface area contributed by atoms with E-state index < -0.39 is 17.6 Å². The quantitative estimate of drug-likeness (QED) is 0.464. The summed E-state index contributed by atoms with van der Waals surface area (Å²) < 4.78 is 37.4. The summed E-state index contributed by atoms with van der Waals surface area (Å²) in [6, 6.07) is 3.75. The number of benzene rings is 1. The molecule has 1 aromatic rings. The number of amides is 1. The van der Waals surface area contributed by atoms with Gasteiger partial charge in [0.05, 0.1) is 5.56 Å². The number of halogens is 3. The maximum atomic E-state index is 12.5. The van der Waals surface area contributed by atoms with E-state index in [-0.39, 0.29) is 11.4 Å². The maximum Gasteiger partial charge on any atom is 0.416 e. The van der Waals surface area contributed by atoms with Gasteiger partial charge in [-0.1, -0.05) is 24.8 Å². The van der Waals surface area contributed by atoms with Gasteiger partial charge in [-0.05, 0) is 43.3 Å². The fourth-order valence-corrected chi connectivity index (χ4v) is 1.64. The highest BCUT2D eigenvalue weighted by atomic mass is 19.4. The smallest absolute Gasteiger partial charge is 0.384 e. The fourth-order valence-electron chi connectivity index (χ4n) is 1.64. The largest absolute Gasteiger partial charge is 0.416 e. The number of carbonyl (C=O) groups is 1. The molecule has 25 heavy (non-hydrogen) atoms. The summed E-state index contributed by atoms with van der Waals surface area (Å²) in [7, 11) is 0. The Morgan fingerprint density at radius 3 is 2.40 bits per heavy atom. The fraction of sp³-hybridized carbons (Fsp3) is 0.111. The number of carbonyl (C=O) groups excluding carboxylic acids is 1. The van der Waals surface area contributed by atoms with Crippen LogP contribution in [0.1, 0.15) is 22.8 Å². The first-order chi connectivity index (χ1) is 11.8. The lowest BCUT2D eigenvalue weighted by Crippen LogP contribution is -2.13. The summed E-state index contributed by atoms with van der Waals surface area (Å²) in [5, 5.41) is 2.92. The molecule has 0 heterocycles. The Labute approximate surface area is 143 Å². The van der Waals surface area contributed by atoms with Crippen LogP contribution in [0.4, 0.5) is 13.2 Å². The van der Waals surface area contributed by atoms with Gasteiger partial charge in [-0.25, -0.2) is 0 Å². The molecule has 0 aliphatic rings. The molecule has 0 aliphatic heterocycles. The van der Waals surface area contributed by atoms with Crippen molar-refractivity contribution in [2.24, 2.45) is 10.7 Å². The molecule has 0 aromatic heterocycles. The lowest BCUT2D eigenvalue weighted by atomic mass is 10.1. The second-order valence-corrected chi connectivity index (χ2v) is 4.73. The van der Waals surface area contributed by atoms with Crippen molar-refractivity contribution in [3.05, 3.63) is 84.2 Å². The maximum absolute atomic E-state index is 12.5. The number of alkyl halides is 3. The standard InChI is InChI=1S/C18H18F3N3O/c1-3-5-6-15(4-2)23-12-11-16(22)24-17(25)13-7-9-14(10-8-13)18(19,20)21/h3-12,23H,1H2,2H3,(H2,22,24,25)/b6-5-,12-11-,15-4+. The monoisotopic (exact) mass is 349 g/mol.